The van der Waals surface area contributed by atoms with Gasteiger partial charge < -0.3 is 15.0 Å². The van der Waals surface area contributed by atoms with Crippen LogP contribution in [-0.4, -0.2) is 55.2 Å². The Morgan fingerprint density at radius 1 is 1.41 bits per heavy atom. The van der Waals surface area contributed by atoms with E-state index in [0.29, 0.717) is 6.10 Å². The number of aliphatic imine (C=N–C) groups is 1. The molecular formula is C17H28N4O. The molecule has 1 aliphatic rings. The highest BCUT2D eigenvalue weighted by molar-refractivity contribution is 5.79. The van der Waals surface area contributed by atoms with Gasteiger partial charge in [0.2, 0.25) is 0 Å². The number of nitrogens with zero attached hydrogens (tertiary/aromatic N) is 3. The molecule has 0 spiro atoms. The maximum Gasteiger partial charge on any atom is 0.193 e. The molecule has 1 aromatic rings. The van der Waals surface area contributed by atoms with E-state index < -0.39 is 0 Å². The molecule has 0 saturated carbocycles. The molecule has 1 N–H and O–H groups in total. The van der Waals surface area contributed by atoms with Gasteiger partial charge in [-0.3, -0.25) is 9.98 Å². The van der Waals surface area contributed by atoms with Crippen LogP contribution >= 0.6 is 0 Å². The van der Waals surface area contributed by atoms with Gasteiger partial charge in [0.15, 0.2) is 5.96 Å². The van der Waals surface area contributed by atoms with E-state index in [2.05, 4.69) is 39.2 Å². The summed E-state index contributed by atoms with van der Waals surface area (Å²) in [6.45, 7) is 7.78. The Labute approximate surface area is 133 Å². The minimum atomic E-state index is 0.415. The SMILES string of the molecule is CCOC1CCN(C(=NC)NCCc2ccc(C)nc2)CC1. The number of ether oxygens (including phenoxy) is 1. The molecule has 1 aromatic heterocycles. The van der Waals surface area contributed by atoms with Crippen LogP contribution in [0, 0.1) is 6.92 Å². The Bertz CT molecular complexity index is 464. The normalized spacial score (nSPS) is 16.9. The number of guanidine groups is 1. The van der Waals surface area contributed by atoms with Crippen molar-refractivity contribution in [3.8, 4) is 0 Å². The van der Waals surface area contributed by atoms with E-state index in [1.165, 1.54) is 5.56 Å². The molecule has 0 radical (unpaired) electrons. The van der Waals surface area contributed by atoms with Gasteiger partial charge in [0, 0.05) is 45.2 Å². The highest BCUT2D eigenvalue weighted by atomic mass is 16.5. The maximum atomic E-state index is 5.70. The lowest BCUT2D eigenvalue weighted by molar-refractivity contribution is 0.0264. The second kappa shape index (κ2) is 8.73. The quantitative estimate of drug-likeness (QED) is 0.668. The van der Waals surface area contributed by atoms with Gasteiger partial charge >= 0.3 is 0 Å². The van der Waals surface area contributed by atoms with Gasteiger partial charge in [-0.1, -0.05) is 6.07 Å². The van der Waals surface area contributed by atoms with Crippen molar-refractivity contribution in [2.75, 3.05) is 33.3 Å². The highest BCUT2D eigenvalue weighted by Gasteiger charge is 2.21. The summed E-state index contributed by atoms with van der Waals surface area (Å²) in [4.78, 5) is 11.1. The molecule has 0 unspecified atom stereocenters. The lowest BCUT2D eigenvalue weighted by Gasteiger charge is -2.34. The van der Waals surface area contributed by atoms with Crippen molar-refractivity contribution < 1.29 is 4.74 Å². The Balaban J connectivity index is 1.75. The van der Waals surface area contributed by atoms with E-state index in [9.17, 15) is 0 Å². The van der Waals surface area contributed by atoms with Crippen molar-refractivity contribution in [1.82, 2.24) is 15.2 Å². The number of pyridine rings is 1. The fourth-order valence-corrected chi connectivity index (χ4v) is 2.77. The van der Waals surface area contributed by atoms with Crippen molar-refractivity contribution in [3.63, 3.8) is 0 Å². The maximum absolute atomic E-state index is 5.70. The minimum absolute atomic E-state index is 0.415. The predicted molar refractivity (Wildman–Crippen MR) is 90.3 cm³/mol. The first-order valence-corrected chi connectivity index (χ1v) is 8.21. The first kappa shape index (κ1) is 16.7. The average Bonchev–Trinajstić information content (AvgIpc) is 2.55. The first-order valence-electron chi connectivity index (χ1n) is 8.21. The fraction of sp³-hybridized carbons (Fsp3) is 0.647. The zero-order valence-corrected chi connectivity index (χ0v) is 14.0. The summed E-state index contributed by atoms with van der Waals surface area (Å²) in [5, 5.41) is 3.46. The molecular weight excluding hydrogens is 276 g/mol. The summed E-state index contributed by atoms with van der Waals surface area (Å²) in [5.41, 5.74) is 2.31. The first-order chi connectivity index (χ1) is 10.7. The van der Waals surface area contributed by atoms with E-state index in [1.807, 2.05) is 20.2 Å². The standard InChI is InChI=1S/C17H28N4O/c1-4-22-16-8-11-21(12-9-16)17(18-3)19-10-7-15-6-5-14(2)20-13-15/h5-6,13,16H,4,7-12H2,1-3H3,(H,18,19). The van der Waals surface area contributed by atoms with E-state index in [1.54, 1.807) is 0 Å². The van der Waals surface area contributed by atoms with Crippen LogP contribution in [0.3, 0.4) is 0 Å². The third-order valence-electron chi connectivity index (χ3n) is 4.03. The van der Waals surface area contributed by atoms with Crippen LogP contribution in [0.2, 0.25) is 0 Å². The van der Waals surface area contributed by atoms with Crippen LogP contribution < -0.4 is 5.32 Å². The van der Waals surface area contributed by atoms with Gasteiger partial charge in [-0.15, -0.1) is 0 Å². The summed E-state index contributed by atoms with van der Waals surface area (Å²) >= 11 is 0. The molecule has 22 heavy (non-hydrogen) atoms. The van der Waals surface area contributed by atoms with Crippen LogP contribution in [0.1, 0.15) is 31.0 Å². The Hall–Kier alpha value is -1.62. The number of hydrogen-bond donors (Lipinski definition) is 1. The van der Waals surface area contributed by atoms with Crippen molar-refractivity contribution in [2.45, 2.75) is 39.2 Å². The number of aromatic nitrogens is 1. The van der Waals surface area contributed by atoms with E-state index in [-0.39, 0.29) is 0 Å². The van der Waals surface area contributed by atoms with Crippen LogP contribution in [0.4, 0.5) is 0 Å². The van der Waals surface area contributed by atoms with Crippen molar-refractivity contribution >= 4 is 5.96 Å². The molecule has 0 aliphatic carbocycles. The number of nitrogens with one attached hydrogen (secondary N) is 1. The minimum Gasteiger partial charge on any atom is -0.378 e. The summed E-state index contributed by atoms with van der Waals surface area (Å²) in [6.07, 6.45) is 5.49. The second-order valence-electron chi connectivity index (χ2n) is 5.67. The average molecular weight is 304 g/mol. The van der Waals surface area contributed by atoms with E-state index in [0.717, 1.165) is 57.2 Å². The molecule has 1 aliphatic heterocycles. The summed E-state index contributed by atoms with van der Waals surface area (Å²) in [7, 11) is 1.85. The van der Waals surface area contributed by atoms with Gasteiger partial charge in [-0.25, -0.2) is 0 Å². The Morgan fingerprint density at radius 2 is 2.18 bits per heavy atom. The summed E-state index contributed by atoms with van der Waals surface area (Å²) in [6, 6.07) is 4.20. The Morgan fingerprint density at radius 3 is 2.77 bits per heavy atom. The molecule has 2 rings (SSSR count). The number of hydrogen-bond acceptors (Lipinski definition) is 3. The van der Waals surface area contributed by atoms with Gasteiger partial charge in [-0.2, -0.15) is 0 Å². The van der Waals surface area contributed by atoms with Crippen LogP contribution in [0.15, 0.2) is 23.3 Å². The molecule has 5 heteroatoms. The fourth-order valence-electron chi connectivity index (χ4n) is 2.77. The van der Waals surface area contributed by atoms with Gasteiger partial charge in [0.1, 0.15) is 0 Å². The largest absolute Gasteiger partial charge is 0.378 e. The molecule has 0 bridgehead atoms. The second-order valence-corrected chi connectivity index (χ2v) is 5.67. The number of rotatable bonds is 5. The number of likely N-dealkylation sites (tertiary alicyclic amines) is 1. The van der Waals surface area contributed by atoms with Gasteiger partial charge in [-0.05, 0) is 44.7 Å². The lowest BCUT2D eigenvalue weighted by atomic mass is 10.1. The van der Waals surface area contributed by atoms with E-state index in [4.69, 9.17) is 4.74 Å². The molecule has 0 amide bonds. The number of aryl methyl sites for hydroxylation is 1. The van der Waals surface area contributed by atoms with Crippen LogP contribution in [0.5, 0.6) is 0 Å². The smallest absolute Gasteiger partial charge is 0.193 e. The lowest BCUT2D eigenvalue weighted by Crippen LogP contribution is -2.47. The van der Waals surface area contributed by atoms with Gasteiger partial charge in [0.05, 0.1) is 6.10 Å². The molecule has 0 atom stereocenters. The van der Waals surface area contributed by atoms with E-state index >= 15 is 0 Å². The molecule has 1 fully saturated rings. The third-order valence-corrected chi connectivity index (χ3v) is 4.03. The van der Waals surface area contributed by atoms with Crippen LogP contribution in [-0.2, 0) is 11.2 Å². The Kier molecular flexibility index (Phi) is 6.65. The molecule has 1 saturated heterocycles. The third kappa shape index (κ3) is 4.98. The molecule has 2 heterocycles. The topological polar surface area (TPSA) is 49.8 Å². The van der Waals surface area contributed by atoms with Crippen molar-refractivity contribution in [1.29, 1.82) is 0 Å². The molecule has 122 valence electrons. The zero-order valence-electron chi connectivity index (χ0n) is 14.0. The zero-order chi connectivity index (χ0) is 15.8. The highest BCUT2D eigenvalue weighted by Crippen LogP contribution is 2.13. The van der Waals surface area contributed by atoms with Crippen LogP contribution in [0.25, 0.3) is 0 Å². The number of piperidine rings is 1. The summed E-state index contributed by atoms with van der Waals surface area (Å²) in [5.74, 6) is 0.995. The summed E-state index contributed by atoms with van der Waals surface area (Å²) < 4.78 is 5.70. The molecule has 0 aromatic carbocycles. The molecule has 5 nitrogen and oxygen atoms in total. The van der Waals surface area contributed by atoms with Crippen molar-refractivity contribution in [3.05, 3.63) is 29.6 Å². The predicted octanol–water partition coefficient (Wildman–Crippen LogP) is 2.01. The van der Waals surface area contributed by atoms with Gasteiger partial charge in [0.25, 0.3) is 0 Å². The van der Waals surface area contributed by atoms with Crippen molar-refractivity contribution in [2.24, 2.45) is 4.99 Å². The monoisotopic (exact) mass is 304 g/mol.